The first kappa shape index (κ1) is 28.4. The Morgan fingerprint density at radius 2 is 2.00 bits per heavy atom. The molecule has 8 heteroatoms. The Balaban J connectivity index is 2.09. The fourth-order valence-corrected chi connectivity index (χ4v) is 4.69. The average Bonchev–Trinajstić information content (AvgIpc) is 3.32. The van der Waals surface area contributed by atoms with E-state index < -0.39 is 29.3 Å². The van der Waals surface area contributed by atoms with Crippen LogP contribution in [0.4, 0.5) is 0 Å². The van der Waals surface area contributed by atoms with Gasteiger partial charge in [0.2, 0.25) is 5.91 Å². The summed E-state index contributed by atoms with van der Waals surface area (Å²) in [7, 11) is 1.59. The Bertz CT molecular complexity index is 848. The largest absolute Gasteiger partial charge is 0.497 e. The van der Waals surface area contributed by atoms with E-state index in [1.165, 1.54) is 6.08 Å². The number of carboxylic acids is 1. The van der Waals surface area contributed by atoms with Crippen LogP contribution in [0.2, 0.25) is 0 Å². The molecule has 2 N–H and O–H groups in total. The molecule has 194 valence electrons. The minimum Gasteiger partial charge on any atom is -0.497 e. The van der Waals surface area contributed by atoms with E-state index >= 15 is 0 Å². The summed E-state index contributed by atoms with van der Waals surface area (Å²) in [6.45, 7) is 5.98. The highest BCUT2D eigenvalue weighted by Crippen LogP contribution is 2.44. The SMILES string of the molecule is C=CCOC(=O)CC(COCc1cccc(OC)c1)NC(=O)C1(CC(CCC)C(=O)O)CCCC1. The van der Waals surface area contributed by atoms with Gasteiger partial charge in [-0.15, -0.1) is 0 Å². The lowest BCUT2D eigenvalue weighted by Gasteiger charge is -2.32. The Morgan fingerprint density at radius 1 is 1.26 bits per heavy atom. The lowest BCUT2D eigenvalue weighted by atomic mass is 9.75. The van der Waals surface area contributed by atoms with Crippen molar-refractivity contribution in [3.05, 3.63) is 42.5 Å². The second-order valence-electron chi connectivity index (χ2n) is 9.23. The number of rotatable bonds is 16. The molecule has 0 heterocycles. The third-order valence-corrected chi connectivity index (χ3v) is 6.50. The number of esters is 1. The van der Waals surface area contributed by atoms with Gasteiger partial charge in [-0.3, -0.25) is 14.4 Å². The fourth-order valence-electron chi connectivity index (χ4n) is 4.69. The summed E-state index contributed by atoms with van der Waals surface area (Å²) in [4.78, 5) is 37.6. The monoisotopic (exact) mass is 489 g/mol. The van der Waals surface area contributed by atoms with Crippen molar-refractivity contribution in [3.8, 4) is 5.75 Å². The Hall–Kier alpha value is -2.87. The van der Waals surface area contributed by atoms with E-state index in [0.717, 1.165) is 24.8 Å². The minimum atomic E-state index is -0.864. The van der Waals surface area contributed by atoms with E-state index in [-0.39, 0.29) is 32.1 Å². The summed E-state index contributed by atoms with van der Waals surface area (Å²) >= 11 is 0. The van der Waals surface area contributed by atoms with Gasteiger partial charge in [-0.1, -0.05) is 51.0 Å². The molecule has 0 bridgehead atoms. The summed E-state index contributed by atoms with van der Waals surface area (Å²) in [6.07, 6.45) is 6.06. The van der Waals surface area contributed by atoms with Gasteiger partial charge in [0.15, 0.2) is 0 Å². The number of amides is 1. The first-order valence-corrected chi connectivity index (χ1v) is 12.3. The predicted molar refractivity (Wildman–Crippen MR) is 132 cm³/mol. The van der Waals surface area contributed by atoms with Crippen molar-refractivity contribution < 1.29 is 33.7 Å². The molecule has 0 saturated heterocycles. The van der Waals surface area contributed by atoms with E-state index in [9.17, 15) is 19.5 Å². The zero-order valence-electron chi connectivity index (χ0n) is 20.9. The van der Waals surface area contributed by atoms with E-state index in [1.54, 1.807) is 7.11 Å². The molecular formula is C27H39NO7. The van der Waals surface area contributed by atoms with Crippen LogP contribution in [-0.4, -0.2) is 49.3 Å². The van der Waals surface area contributed by atoms with Crippen molar-refractivity contribution in [2.45, 2.75) is 70.9 Å². The van der Waals surface area contributed by atoms with Crippen LogP contribution >= 0.6 is 0 Å². The Labute approximate surface area is 208 Å². The van der Waals surface area contributed by atoms with Gasteiger partial charge in [0.25, 0.3) is 0 Å². The van der Waals surface area contributed by atoms with Gasteiger partial charge in [-0.25, -0.2) is 0 Å². The summed E-state index contributed by atoms with van der Waals surface area (Å²) < 4.78 is 16.2. The van der Waals surface area contributed by atoms with Crippen molar-refractivity contribution in [2.24, 2.45) is 11.3 Å². The van der Waals surface area contributed by atoms with E-state index in [0.29, 0.717) is 31.4 Å². The number of hydrogen-bond acceptors (Lipinski definition) is 6. The Morgan fingerprint density at radius 3 is 2.63 bits per heavy atom. The predicted octanol–water partition coefficient (Wildman–Crippen LogP) is 4.27. The molecule has 1 aromatic rings. The molecule has 8 nitrogen and oxygen atoms in total. The number of benzene rings is 1. The van der Waals surface area contributed by atoms with Gasteiger partial charge in [0.1, 0.15) is 12.4 Å². The van der Waals surface area contributed by atoms with Crippen molar-refractivity contribution in [2.75, 3.05) is 20.3 Å². The fraction of sp³-hybridized carbons (Fsp3) is 0.593. The number of hydrogen-bond donors (Lipinski definition) is 2. The summed E-state index contributed by atoms with van der Waals surface area (Å²) in [5, 5.41) is 12.7. The maximum absolute atomic E-state index is 13.5. The first-order valence-electron chi connectivity index (χ1n) is 12.3. The van der Waals surface area contributed by atoms with Gasteiger partial charge in [0.05, 0.1) is 44.1 Å². The molecule has 0 radical (unpaired) electrons. The zero-order valence-corrected chi connectivity index (χ0v) is 20.9. The molecule has 0 spiro atoms. The number of carboxylic acid groups (broad SMARTS) is 1. The summed E-state index contributed by atoms with van der Waals surface area (Å²) in [5.74, 6) is -1.38. The van der Waals surface area contributed by atoms with E-state index in [2.05, 4.69) is 11.9 Å². The highest BCUT2D eigenvalue weighted by atomic mass is 16.5. The van der Waals surface area contributed by atoms with Crippen molar-refractivity contribution >= 4 is 17.8 Å². The molecule has 1 amide bonds. The quantitative estimate of drug-likeness (QED) is 0.263. The smallest absolute Gasteiger partial charge is 0.308 e. The van der Waals surface area contributed by atoms with Crippen molar-refractivity contribution in [3.63, 3.8) is 0 Å². The second kappa shape index (κ2) is 14.5. The number of methoxy groups -OCH3 is 1. The molecule has 1 aromatic carbocycles. The van der Waals surface area contributed by atoms with Crippen molar-refractivity contribution in [1.82, 2.24) is 5.32 Å². The molecule has 2 unspecified atom stereocenters. The molecule has 0 aromatic heterocycles. The minimum absolute atomic E-state index is 0.0505. The zero-order chi connectivity index (χ0) is 25.7. The normalized spacial score (nSPS) is 16.2. The number of carbonyl (C=O) groups excluding carboxylic acids is 2. The molecule has 1 saturated carbocycles. The molecule has 1 fully saturated rings. The third kappa shape index (κ3) is 9.02. The van der Waals surface area contributed by atoms with Crippen LogP contribution < -0.4 is 10.1 Å². The van der Waals surface area contributed by atoms with Crippen LogP contribution in [0, 0.1) is 11.3 Å². The molecule has 1 aliphatic carbocycles. The second-order valence-corrected chi connectivity index (χ2v) is 9.23. The number of aliphatic carboxylic acids is 1. The number of ether oxygens (including phenoxy) is 3. The average molecular weight is 490 g/mol. The van der Waals surface area contributed by atoms with Gasteiger partial charge < -0.3 is 24.6 Å². The van der Waals surface area contributed by atoms with E-state index in [4.69, 9.17) is 14.2 Å². The van der Waals surface area contributed by atoms with Crippen LogP contribution in [0.25, 0.3) is 0 Å². The first-order chi connectivity index (χ1) is 16.8. The topological polar surface area (TPSA) is 111 Å². The van der Waals surface area contributed by atoms with Crippen LogP contribution in [0.3, 0.4) is 0 Å². The maximum atomic E-state index is 13.5. The van der Waals surface area contributed by atoms with Gasteiger partial charge >= 0.3 is 11.9 Å². The molecular weight excluding hydrogens is 450 g/mol. The van der Waals surface area contributed by atoms with Crippen molar-refractivity contribution in [1.29, 1.82) is 0 Å². The van der Waals surface area contributed by atoms with Gasteiger partial charge in [-0.2, -0.15) is 0 Å². The number of nitrogens with one attached hydrogen (secondary N) is 1. The molecule has 2 atom stereocenters. The highest BCUT2D eigenvalue weighted by Gasteiger charge is 2.44. The maximum Gasteiger partial charge on any atom is 0.308 e. The van der Waals surface area contributed by atoms with Gasteiger partial charge in [0, 0.05) is 0 Å². The molecule has 0 aliphatic heterocycles. The summed E-state index contributed by atoms with van der Waals surface area (Å²) in [5.41, 5.74) is 0.161. The molecule has 1 aliphatic rings. The lowest BCUT2D eigenvalue weighted by Crippen LogP contribution is -2.48. The molecule has 2 rings (SSSR count). The van der Waals surface area contributed by atoms with Gasteiger partial charge in [-0.05, 0) is 43.4 Å². The van der Waals surface area contributed by atoms with Crippen LogP contribution in [-0.2, 0) is 30.5 Å². The lowest BCUT2D eigenvalue weighted by molar-refractivity contribution is -0.145. The molecule has 35 heavy (non-hydrogen) atoms. The highest BCUT2D eigenvalue weighted by molar-refractivity contribution is 5.84. The number of carbonyl (C=O) groups is 3. The standard InChI is InChI=1S/C27H39NO7/c1-4-9-21(25(30)31)17-27(12-6-7-13-27)26(32)28-22(16-24(29)35-14-5-2)19-34-18-20-10-8-11-23(15-20)33-3/h5,8,10-11,15,21-22H,2,4,6-7,9,12-14,16-19H2,1,3H3,(H,28,32)(H,30,31). The van der Waals surface area contributed by atoms with Crippen LogP contribution in [0.15, 0.2) is 36.9 Å². The third-order valence-electron chi connectivity index (χ3n) is 6.50. The Kier molecular flexibility index (Phi) is 11.8. The van der Waals surface area contributed by atoms with Crippen LogP contribution in [0.5, 0.6) is 5.75 Å². The summed E-state index contributed by atoms with van der Waals surface area (Å²) in [6, 6.07) is 6.87. The van der Waals surface area contributed by atoms with Crippen LogP contribution in [0.1, 0.15) is 63.9 Å². The van der Waals surface area contributed by atoms with E-state index in [1.807, 2.05) is 31.2 Å².